The summed E-state index contributed by atoms with van der Waals surface area (Å²) in [5, 5.41) is 0. The van der Waals surface area contributed by atoms with Crippen molar-refractivity contribution < 1.29 is 23.8 Å². The maximum Gasteiger partial charge on any atom is 0.351 e. The minimum Gasteiger partial charge on any atom is -0.480 e. The number of thiophene rings is 1. The van der Waals surface area contributed by atoms with Crippen LogP contribution in [-0.2, 0) is 14.3 Å². The molecule has 31 heavy (non-hydrogen) atoms. The Hall–Kier alpha value is -2.54. The predicted octanol–water partition coefficient (Wildman–Crippen LogP) is 5.22. The number of ether oxygens (including phenoxy) is 3. The first-order valence-corrected chi connectivity index (χ1v) is 11.6. The van der Waals surface area contributed by atoms with Crippen molar-refractivity contribution in [1.82, 2.24) is 0 Å². The lowest BCUT2D eigenvalue weighted by molar-refractivity contribution is -0.145. The Morgan fingerprint density at radius 1 is 1.19 bits per heavy atom. The summed E-state index contributed by atoms with van der Waals surface area (Å²) in [5.41, 5.74) is 2.98. The van der Waals surface area contributed by atoms with E-state index in [1.165, 1.54) is 50.6 Å². The van der Waals surface area contributed by atoms with Gasteiger partial charge >= 0.3 is 11.9 Å². The van der Waals surface area contributed by atoms with Gasteiger partial charge in [-0.3, -0.25) is 0 Å². The Balaban J connectivity index is 1.91. The summed E-state index contributed by atoms with van der Waals surface area (Å²) in [5.74, 6) is -0.568. The van der Waals surface area contributed by atoms with Crippen molar-refractivity contribution in [2.45, 2.75) is 52.0 Å². The molecule has 0 N–H and O–H groups in total. The molecule has 0 unspecified atom stereocenters. The maximum atomic E-state index is 12.4. The largest absolute Gasteiger partial charge is 0.480 e. The molecule has 1 fully saturated rings. The number of carbonyl (C=O) groups excluding carboxylic acids is 2. The molecule has 3 rings (SSSR count). The fourth-order valence-electron chi connectivity index (χ4n) is 4.05. The van der Waals surface area contributed by atoms with Crippen LogP contribution in [0.1, 0.15) is 54.3 Å². The monoisotopic (exact) mass is 445 g/mol. The van der Waals surface area contributed by atoms with Crippen LogP contribution in [0.2, 0.25) is 0 Å². The van der Waals surface area contributed by atoms with Crippen LogP contribution in [0.3, 0.4) is 0 Å². The minimum atomic E-state index is -0.478. The molecule has 1 heterocycles. The number of esters is 2. The predicted molar refractivity (Wildman–Crippen MR) is 123 cm³/mol. The Morgan fingerprint density at radius 3 is 2.61 bits per heavy atom. The van der Waals surface area contributed by atoms with E-state index >= 15 is 0 Å². The summed E-state index contributed by atoms with van der Waals surface area (Å²) in [4.78, 5) is 27.8. The van der Waals surface area contributed by atoms with Crippen LogP contribution in [0, 0.1) is 6.92 Å². The lowest BCUT2D eigenvalue weighted by Gasteiger charge is -2.33. The second-order valence-electron chi connectivity index (χ2n) is 7.75. The number of carbonyl (C=O) groups is 2. The molecule has 1 aliphatic carbocycles. The van der Waals surface area contributed by atoms with Crippen molar-refractivity contribution >= 4 is 29.0 Å². The molecule has 168 valence electrons. The molecule has 1 aliphatic rings. The smallest absolute Gasteiger partial charge is 0.351 e. The molecule has 0 saturated heterocycles. The van der Waals surface area contributed by atoms with Gasteiger partial charge in [-0.25, -0.2) is 9.59 Å². The average molecular weight is 446 g/mol. The highest BCUT2D eigenvalue weighted by Crippen LogP contribution is 2.42. The summed E-state index contributed by atoms with van der Waals surface area (Å²) >= 11 is 1.32. The van der Waals surface area contributed by atoms with Gasteiger partial charge < -0.3 is 19.1 Å². The second kappa shape index (κ2) is 10.7. The summed E-state index contributed by atoms with van der Waals surface area (Å²) in [6.45, 7) is 3.67. The van der Waals surface area contributed by atoms with Gasteiger partial charge in [-0.1, -0.05) is 31.4 Å². The van der Waals surface area contributed by atoms with Gasteiger partial charge in [-0.15, -0.1) is 11.3 Å². The van der Waals surface area contributed by atoms with Crippen molar-refractivity contribution in [1.29, 1.82) is 0 Å². The third-order valence-corrected chi connectivity index (χ3v) is 7.04. The zero-order valence-corrected chi connectivity index (χ0v) is 19.5. The van der Waals surface area contributed by atoms with Crippen molar-refractivity contribution in [3.8, 4) is 16.2 Å². The molecular weight excluding hydrogens is 414 g/mol. The summed E-state index contributed by atoms with van der Waals surface area (Å²) < 4.78 is 15.6. The average Bonchev–Trinajstić information content (AvgIpc) is 3.13. The van der Waals surface area contributed by atoms with Crippen LogP contribution in [0.15, 0.2) is 24.3 Å². The fourth-order valence-corrected chi connectivity index (χ4v) is 5.22. The third kappa shape index (κ3) is 5.39. The normalized spacial score (nSPS) is 14.2. The lowest BCUT2D eigenvalue weighted by atomic mass is 9.94. The van der Waals surface area contributed by atoms with E-state index in [4.69, 9.17) is 14.2 Å². The van der Waals surface area contributed by atoms with Gasteiger partial charge in [0.2, 0.25) is 0 Å². The van der Waals surface area contributed by atoms with Crippen LogP contribution in [0.25, 0.3) is 10.4 Å². The molecule has 1 saturated carbocycles. The van der Waals surface area contributed by atoms with E-state index < -0.39 is 11.9 Å². The topological polar surface area (TPSA) is 65.1 Å². The highest BCUT2D eigenvalue weighted by atomic mass is 32.1. The SMILES string of the molecule is CCOC(=O)COc1c(C(=O)OC)sc(-c2cccc(N(C)C3CCCCC3)c2)c1C. The number of anilines is 1. The van der Waals surface area contributed by atoms with Crippen LogP contribution < -0.4 is 9.64 Å². The van der Waals surface area contributed by atoms with Gasteiger partial charge in [-0.2, -0.15) is 0 Å². The lowest BCUT2D eigenvalue weighted by Crippen LogP contribution is -2.33. The number of hydrogen-bond acceptors (Lipinski definition) is 7. The number of methoxy groups -OCH3 is 1. The van der Waals surface area contributed by atoms with Gasteiger partial charge in [0.1, 0.15) is 5.75 Å². The first-order valence-electron chi connectivity index (χ1n) is 10.8. The number of hydrogen-bond donors (Lipinski definition) is 0. The molecule has 2 aromatic rings. The van der Waals surface area contributed by atoms with Crippen molar-refractivity contribution in [2.75, 3.05) is 32.3 Å². The summed E-state index contributed by atoms with van der Waals surface area (Å²) in [6.07, 6.45) is 6.32. The van der Waals surface area contributed by atoms with Gasteiger partial charge in [0, 0.05) is 29.2 Å². The molecule has 7 heteroatoms. The van der Waals surface area contributed by atoms with E-state index in [9.17, 15) is 9.59 Å². The van der Waals surface area contributed by atoms with Gasteiger partial charge in [-0.05, 0) is 44.4 Å². The van der Waals surface area contributed by atoms with Gasteiger partial charge in [0.05, 0.1) is 13.7 Å². The van der Waals surface area contributed by atoms with Crippen LogP contribution in [0.4, 0.5) is 5.69 Å². The van der Waals surface area contributed by atoms with E-state index in [-0.39, 0.29) is 13.2 Å². The third-order valence-electron chi connectivity index (χ3n) is 5.74. The maximum absolute atomic E-state index is 12.4. The van der Waals surface area contributed by atoms with E-state index in [0.29, 0.717) is 16.7 Å². The van der Waals surface area contributed by atoms with E-state index in [0.717, 1.165) is 21.7 Å². The molecule has 0 bridgehead atoms. The van der Waals surface area contributed by atoms with E-state index in [2.05, 4.69) is 24.1 Å². The Kier molecular flexibility index (Phi) is 7.96. The highest BCUT2D eigenvalue weighted by molar-refractivity contribution is 7.18. The van der Waals surface area contributed by atoms with Crippen molar-refractivity contribution in [3.05, 3.63) is 34.7 Å². The van der Waals surface area contributed by atoms with Crippen molar-refractivity contribution in [3.63, 3.8) is 0 Å². The van der Waals surface area contributed by atoms with Gasteiger partial charge in [0.25, 0.3) is 0 Å². The van der Waals surface area contributed by atoms with Crippen LogP contribution in [0.5, 0.6) is 5.75 Å². The fraction of sp³-hybridized carbons (Fsp3) is 0.500. The van der Waals surface area contributed by atoms with Gasteiger partial charge in [0.15, 0.2) is 11.5 Å². The Bertz CT molecular complexity index is 917. The van der Waals surface area contributed by atoms with E-state index in [1.54, 1.807) is 6.92 Å². The molecule has 0 aliphatic heterocycles. The summed E-state index contributed by atoms with van der Waals surface area (Å²) in [7, 11) is 3.50. The van der Waals surface area contributed by atoms with E-state index in [1.807, 2.05) is 19.1 Å². The first kappa shape index (κ1) is 23.1. The molecule has 0 radical (unpaired) electrons. The van der Waals surface area contributed by atoms with Crippen LogP contribution >= 0.6 is 11.3 Å². The standard InChI is InChI=1S/C24H31NO5S/c1-5-29-20(26)15-30-21-16(2)22(31-23(21)24(27)28-4)17-10-9-13-19(14-17)25(3)18-11-7-6-8-12-18/h9-10,13-14,18H,5-8,11-12,15H2,1-4H3. The zero-order valence-electron chi connectivity index (χ0n) is 18.7. The molecular formula is C24H31NO5S. The molecule has 0 spiro atoms. The Morgan fingerprint density at radius 2 is 1.94 bits per heavy atom. The number of benzene rings is 1. The van der Waals surface area contributed by atoms with Crippen LogP contribution in [-0.4, -0.2) is 45.4 Å². The molecule has 1 aromatic carbocycles. The zero-order chi connectivity index (χ0) is 22.4. The molecule has 0 atom stereocenters. The minimum absolute atomic E-state index is 0.251. The number of rotatable bonds is 8. The van der Waals surface area contributed by atoms with Crippen molar-refractivity contribution in [2.24, 2.45) is 0 Å². The summed E-state index contributed by atoms with van der Waals surface area (Å²) in [6, 6.07) is 8.92. The quantitative estimate of drug-likeness (QED) is 0.519. The Labute approximate surface area is 188 Å². The second-order valence-corrected chi connectivity index (χ2v) is 8.77. The number of nitrogens with zero attached hydrogens (tertiary/aromatic N) is 1. The first-order chi connectivity index (χ1) is 15.0. The molecule has 0 amide bonds. The molecule has 6 nitrogen and oxygen atoms in total. The molecule has 1 aromatic heterocycles. The highest BCUT2D eigenvalue weighted by Gasteiger charge is 2.25.